The van der Waals surface area contributed by atoms with Crippen LogP contribution in [0.5, 0.6) is 0 Å². The highest BCUT2D eigenvalue weighted by atomic mass is 31.0. The van der Waals surface area contributed by atoms with Crippen molar-refractivity contribution in [2.45, 2.75) is 102 Å². The number of hydrogen-bond donors (Lipinski definition) is 5. The molecule has 2 aromatic heterocycles. The molecule has 12 nitrogen and oxygen atoms in total. The summed E-state index contributed by atoms with van der Waals surface area (Å²) in [5.74, 6) is 1.63. The fourth-order valence-electron chi connectivity index (χ4n) is 6.70. The lowest BCUT2D eigenvalue weighted by atomic mass is 9.95. The summed E-state index contributed by atoms with van der Waals surface area (Å²) in [6.45, 7) is 8.39. The lowest BCUT2D eigenvalue weighted by molar-refractivity contribution is -0.121. The Morgan fingerprint density at radius 3 is 2.56 bits per heavy atom. The van der Waals surface area contributed by atoms with Crippen molar-refractivity contribution in [1.29, 1.82) is 0 Å². The highest BCUT2D eigenvalue weighted by Crippen LogP contribution is 2.25. The minimum atomic E-state index is 0.166. The van der Waals surface area contributed by atoms with Crippen LogP contribution in [0.15, 0.2) is 30.5 Å². The third kappa shape index (κ3) is 12.5. The van der Waals surface area contributed by atoms with Crippen molar-refractivity contribution in [3.63, 3.8) is 0 Å². The van der Waals surface area contributed by atoms with E-state index in [1.165, 1.54) is 38.5 Å². The number of fused-ring (bicyclic) bond motifs is 1. The van der Waals surface area contributed by atoms with Crippen LogP contribution in [0.25, 0.3) is 10.9 Å². The molecule has 13 heteroatoms. The summed E-state index contributed by atoms with van der Waals surface area (Å²) in [7, 11) is 2.64. The van der Waals surface area contributed by atoms with Crippen LogP contribution in [-0.4, -0.2) is 99.8 Å². The molecule has 48 heavy (non-hydrogen) atoms. The van der Waals surface area contributed by atoms with Gasteiger partial charge in [-0.3, -0.25) is 9.48 Å². The first kappa shape index (κ1) is 36.4. The summed E-state index contributed by atoms with van der Waals surface area (Å²) in [6, 6.07) is 9.28. The van der Waals surface area contributed by atoms with Gasteiger partial charge in [0, 0.05) is 50.1 Å². The van der Waals surface area contributed by atoms with E-state index in [1.807, 2.05) is 29.1 Å². The molecule has 3 heterocycles. The fourth-order valence-corrected chi connectivity index (χ4v) is 6.84. The summed E-state index contributed by atoms with van der Waals surface area (Å²) >= 11 is 0. The Hall–Kier alpha value is -2.92. The highest BCUT2D eigenvalue weighted by molar-refractivity contribution is 7.16. The standard InChI is InChI=1S/C35H58N11OP/c47-33(38-20-25-48)14-6-7-21-45-23-15-29(16-24-45)40-34-31-12-4-5-13-32(31)41-35(42-34)39-26-30-27-46(44-43-30)22-9-18-36-17-8-19-37-28-10-2-1-3-11-28/h4-5,12-13,27-29,36-37H,1-3,6-11,14-26,48H2,(H,38,47)(H2,39,40,41,42). The van der Waals surface area contributed by atoms with E-state index >= 15 is 0 Å². The Morgan fingerprint density at radius 2 is 1.71 bits per heavy atom. The third-order valence-corrected chi connectivity index (χ3v) is 9.74. The van der Waals surface area contributed by atoms with E-state index in [4.69, 9.17) is 9.97 Å². The van der Waals surface area contributed by atoms with Crippen molar-refractivity contribution >= 4 is 37.8 Å². The van der Waals surface area contributed by atoms with Gasteiger partial charge in [-0.1, -0.05) is 36.6 Å². The van der Waals surface area contributed by atoms with Crippen LogP contribution in [0.4, 0.5) is 11.8 Å². The van der Waals surface area contributed by atoms with Crippen molar-refractivity contribution in [1.82, 2.24) is 45.8 Å². The molecule has 3 aromatic rings. The maximum atomic E-state index is 11.8. The van der Waals surface area contributed by atoms with Gasteiger partial charge in [0.15, 0.2) is 0 Å². The minimum absolute atomic E-state index is 0.166. The monoisotopic (exact) mass is 679 g/mol. The van der Waals surface area contributed by atoms with Crippen LogP contribution >= 0.6 is 9.24 Å². The van der Waals surface area contributed by atoms with E-state index in [-0.39, 0.29) is 5.91 Å². The molecule has 1 saturated carbocycles. The molecule has 1 aromatic carbocycles. The second kappa shape index (κ2) is 20.6. The van der Waals surface area contributed by atoms with Gasteiger partial charge in [-0.25, -0.2) is 4.98 Å². The quantitative estimate of drug-likeness (QED) is 0.0825. The van der Waals surface area contributed by atoms with Crippen molar-refractivity contribution in [2.24, 2.45) is 0 Å². The molecule has 1 saturated heterocycles. The number of hydrogen-bond acceptors (Lipinski definition) is 10. The number of anilines is 2. The molecule has 1 aliphatic carbocycles. The molecule has 1 amide bonds. The number of carbonyl (C=O) groups excluding carboxylic acids is 1. The summed E-state index contributed by atoms with van der Waals surface area (Å²) < 4.78 is 1.92. The number of para-hydroxylation sites is 1. The Labute approximate surface area is 289 Å². The normalized spacial score (nSPS) is 16.4. The van der Waals surface area contributed by atoms with Crippen LogP contribution in [0.2, 0.25) is 0 Å². The van der Waals surface area contributed by atoms with Gasteiger partial charge in [0.25, 0.3) is 0 Å². The van der Waals surface area contributed by atoms with Gasteiger partial charge >= 0.3 is 0 Å². The van der Waals surface area contributed by atoms with E-state index < -0.39 is 0 Å². The second-order valence-electron chi connectivity index (χ2n) is 13.3. The molecule has 1 unspecified atom stereocenters. The number of nitrogens with one attached hydrogen (secondary N) is 5. The zero-order valence-corrected chi connectivity index (χ0v) is 29.9. The number of nitrogens with zero attached hydrogens (tertiary/aromatic N) is 6. The second-order valence-corrected chi connectivity index (χ2v) is 13.9. The summed E-state index contributed by atoms with van der Waals surface area (Å²) in [6.07, 6.45) is 16.7. The third-order valence-electron chi connectivity index (χ3n) is 9.45. The predicted molar refractivity (Wildman–Crippen MR) is 198 cm³/mol. The largest absolute Gasteiger partial charge is 0.367 e. The molecule has 2 aliphatic rings. The molecule has 0 bridgehead atoms. The number of piperidine rings is 1. The van der Waals surface area contributed by atoms with Crippen molar-refractivity contribution in [3.05, 3.63) is 36.2 Å². The van der Waals surface area contributed by atoms with E-state index in [9.17, 15) is 4.79 Å². The first-order valence-electron chi connectivity index (χ1n) is 18.5. The molecule has 1 aliphatic heterocycles. The summed E-state index contributed by atoms with van der Waals surface area (Å²) in [5, 5.41) is 27.1. The average molecular weight is 680 g/mol. The van der Waals surface area contributed by atoms with Gasteiger partial charge in [-0.15, -0.1) is 14.3 Å². The smallest absolute Gasteiger partial charge is 0.225 e. The fraction of sp³-hybridized carbons (Fsp3) is 0.686. The minimum Gasteiger partial charge on any atom is -0.367 e. The molecular weight excluding hydrogens is 621 g/mol. The van der Waals surface area contributed by atoms with Crippen molar-refractivity contribution in [2.75, 3.05) is 62.6 Å². The van der Waals surface area contributed by atoms with Crippen molar-refractivity contribution < 1.29 is 4.79 Å². The Morgan fingerprint density at radius 1 is 0.875 bits per heavy atom. The molecule has 0 radical (unpaired) electrons. The van der Waals surface area contributed by atoms with Gasteiger partial charge in [0.2, 0.25) is 11.9 Å². The molecule has 1 atom stereocenters. The number of amides is 1. The van der Waals surface area contributed by atoms with Crippen LogP contribution in [0, 0.1) is 0 Å². The lowest BCUT2D eigenvalue weighted by Crippen LogP contribution is -2.39. The van der Waals surface area contributed by atoms with Gasteiger partial charge in [-0.05, 0) is 95.8 Å². The first-order chi connectivity index (χ1) is 23.7. The SMILES string of the molecule is O=C(CCCCN1CCC(Nc2nc(NCc3cn(CCCNCCCNC4CCCCC4)nn3)nc3ccccc23)CC1)NCCP. The first-order valence-corrected chi connectivity index (χ1v) is 19.3. The van der Waals surface area contributed by atoms with Crippen LogP contribution in [-0.2, 0) is 17.9 Å². The number of carbonyl (C=O) groups is 1. The average Bonchev–Trinajstić information content (AvgIpc) is 3.58. The highest BCUT2D eigenvalue weighted by Gasteiger charge is 2.20. The zero-order chi connectivity index (χ0) is 33.2. The van der Waals surface area contributed by atoms with Gasteiger partial charge in [-0.2, -0.15) is 4.98 Å². The lowest BCUT2D eigenvalue weighted by Gasteiger charge is -2.32. The van der Waals surface area contributed by atoms with E-state index in [0.717, 1.165) is 119 Å². The van der Waals surface area contributed by atoms with Crippen LogP contribution in [0.3, 0.4) is 0 Å². The molecular formula is C35H58N11OP. The molecule has 0 spiro atoms. The van der Waals surface area contributed by atoms with Gasteiger partial charge in [0.1, 0.15) is 11.5 Å². The van der Waals surface area contributed by atoms with E-state index in [1.54, 1.807) is 0 Å². The number of unbranched alkanes of at least 4 members (excludes halogenated alkanes) is 1. The van der Waals surface area contributed by atoms with Crippen molar-refractivity contribution in [3.8, 4) is 0 Å². The number of likely N-dealkylation sites (tertiary alicyclic amines) is 1. The van der Waals surface area contributed by atoms with E-state index in [0.29, 0.717) is 25.0 Å². The topological polar surface area (TPSA) is 137 Å². The zero-order valence-electron chi connectivity index (χ0n) is 28.8. The molecule has 5 rings (SSSR count). The number of aromatic nitrogens is 5. The van der Waals surface area contributed by atoms with Crippen LogP contribution in [0.1, 0.15) is 82.7 Å². The van der Waals surface area contributed by atoms with E-state index in [2.05, 4.69) is 57.1 Å². The Bertz CT molecular complexity index is 1360. The van der Waals surface area contributed by atoms with Crippen LogP contribution < -0.4 is 26.6 Å². The molecule has 5 N–H and O–H groups in total. The molecule has 264 valence electrons. The van der Waals surface area contributed by atoms with Gasteiger partial charge < -0.3 is 31.5 Å². The Balaban J connectivity index is 0.999. The maximum Gasteiger partial charge on any atom is 0.225 e. The Kier molecular flexibility index (Phi) is 15.6. The number of aryl methyl sites for hydroxylation is 1. The van der Waals surface area contributed by atoms with Gasteiger partial charge in [0.05, 0.1) is 18.3 Å². The maximum absolute atomic E-state index is 11.8. The summed E-state index contributed by atoms with van der Waals surface area (Å²) in [4.78, 5) is 24.0. The summed E-state index contributed by atoms with van der Waals surface area (Å²) in [5.41, 5.74) is 1.79. The predicted octanol–water partition coefficient (Wildman–Crippen LogP) is 4.16. The number of benzene rings is 1. The number of rotatable bonds is 21. The molecule has 2 fully saturated rings.